The highest BCUT2D eigenvalue weighted by Crippen LogP contribution is 2.40. The highest BCUT2D eigenvalue weighted by molar-refractivity contribution is 7.89. The zero-order chi connectivity index (χ0) is 20.4. The average molecular weight is 417 g/mol. The molecule has 7 nitrogen and oxygen atoms in total. The molecule has 0 N–H and O–H groups in total. The Morgan fingerprint density at radius 2 is 1.76 bits per heavy atom. The van der Waals surface area contributed by atoms with Gasteiger partial charge < -0.3 is 14.2 Å². The molecule has 0 amide bonds. The first-order valence-corrected chi connectivity index (χ1v) is 11.0. The van der Waals surface area contributed by atoms with Crippen LogP contribution in [0.4, 0.5) is 0 Å². The molecule has 154 valence electrons. The van der Waals surface area contributed by atoms with Crippen LogP contribution >= 0.6 is 0 Å². The summed E-state index contributed by atoms with van der Waals surface area (Å²) in [5.41, 5.74) is 1.20. The van der Waals surface area contributed by atoms with Gasteiger partial charge in [-0.1, -0.05) is 6.07 Å². The standard InChI is InChI=1S/C21H23NO6S/c1-26-21(23)15-5-8-17(9-6-15)29(24,25)22-11-2-4-18(22)16-7-10-19-20(14-16)28-13-3-12-27-19/h5-10,14,18H,2-4,11-13H2,1H3/t18-/m0/s1. The minimum absolute atomic E-state index is 0.159. The predicted octanol–water partition coefficient (Wildman–Crippen LogP) is 3.16. The summed E-state index contributed by atoms with van der Waals surface area (Å²) in [5, 5.41) is 0. The van der Waals surface area contributed by atoms with Crippen LogP contribution in [0.2, 0.25) is 0 Å². The van der Waals surface area contributed by atoms with Crippen molar-refractivity contribution in [1.82, 2.24) is 4.31 Å². The van der Waals surface area contributed by atoms with Gasteiger partial charge in [0, 0.05) is 13.0 Å². The zero-order valence-electron chi connectivity index (χ0n) is 16.2. The smallest absolute Gasteiger partial charge is 0.337 e. The number of nitrogens with zero attached hydrogens (tertiary/aromatic N) is 1. The van der Waals surface area contributed by atoms with Gasteiger partial charge in [-0.15, -0.1) is 0 Å². The lowest BCUT2D eigenvalue weighted by Gasteiger charge is -2.25. The van der Waals surface area contributed by atoms with Crippen molar-refractivity contribution >= 4 is 16.0 Å². The summed E-state index contributed by atoms with van der Waals surface area (Å²) >= 11 is 0. The number of ether oxygens (including phenoxy) is 3. The third kappa shape index (κ3) is 3.82. The molecule has 2 aromatic rings. The Hall–Kier alpha value is -2.58. The summed E-state index contributed by atoms with van der Waals surface area (Å²) < 4.78 is 44.2. The lowest BCUT2D eigenvalue weighted by molar-refractivity contribution is 0.0600. The molecular weight excluding hydrogens is 394 g/mol. The number of hydrogen-bond acceptors (Lipinski definition) is 6. The molecule has 0 aliphatic carbocycles. The van der Waals surface area contributed by atoms with Gasteiger partial charge >= 0.3 is 5.97 Å². The third-order valence-electron chi connectivity index (χ3n) is 5.24. The van der Waals surface area contributed by atoms with Crippen LogP contribution in [0.3, 0.4) is 0 Å². The van der Waals surface area contributed by atoms with Crippen LogP contribution in [0.25, 0.3) is 0 Å². The quantitative estimate of drug-likeness (QED) is 0.711. The molecule has 2 aliphatic heterocycles. The molecule has 0 saturated carbocycles. The highest BCUT2D eigenvalue weighted by Gasteiger charge is 2.36. The largest absolute Gasteiger partial charge is 0.490 e. The van der Waals surface area contributed by atoms with Crippen LogP contribution < -0.4 is 9.47 Å². The van der Waals surface area contributed by atoms with E-state index >= 15 is 0 Å². The zero-order valence-corrected chi connectivity index (χ0v) is 17.0. The second kappa shape index (κ2) is 8.04. The first-order chi connectivity index (χ1) is 14.0. The van der Waals surface area contributed by atoms with Gasteiger partial charge in [0.25, 0.3) is 0 Å². The molecule has 1 saturated heterocycles. The van der Waals surface area contributed by atoms with Crippen molar-refractivity contribution in [2.24, 2.45) is 0 Å². The lowest BCUT2D eigenvalue weighted by atomic mass is 10.0. The maximum atomic E-state index is 13.3. The number of methoxy groups -OCH3 is 1. The van der Waals surface area contributed by atoms with Gasteiger partial charge in [-0.2, -0.15) is 4.31 Å². The maximum absolute atomic E-state index is 13.3. The molecule has 2 heterocycles. The van der Waals surface area contributed by atoms with Crippen LogP contribution in [-0.4, -0.2) is 45.6 Å². The molecule has 2 aliphatic rings. The van der Waals surface area contributed by atoms with Gasteiger partial charge in [-0.25, -0.2) is 13.2 Å². The van der Waals surface area contributed by atoms with E-state index in [0.29, 0.717) is 36.8 Å². The van der Waals surface area contributed by atoms with Gasteiger partial charge in [0.15, 0.2) is 11.5 Å². The van der Waals surface area contributed by atoms with Crippen molar-refractivity contribution in [3.05, 3.63) is 53.6 Å². The lowest BCUT2D eigenvalue weighted by Crippen LogP contribution is -2.30. The number of esters is 1. The Morgan fingerprint density at radius 3 is 2.48 bits per heavy atom. The first kappa shape index (κ1) is 19.7. The number of sulfonamides is 1. The summed E-state index contributed by atoms with van der Waals surface area (Å²) in [4.78, 5) is 11.8. The second-order valence-electron chi connectivity index (χ2n) is 7.05. The SMILES string of the molecule is COC(=O)c1ccc(S(=O)(=O)N2CCC[C@H]2c2ccc3c(c2)OCCCO3)cc1. The molecule has 0 unspecified atom stereocenters. The molecule has 8 heteroatoms. The van der Waals surface area contributed by atoms with Crippen molar-refractivity contribution in [1.29, 1.82) is 0 Å². The minimum Gasteiger partial charge on any atom is -0.490 e. The minimum atomic E-state index is -3.70. The molecule has 1 atom stereocenters. The van der Waals surface area contributed by atoms with Gasteiger partial charge in [0.05, 0.1) is 36.8 Å². The molecule has 0 spiro atoms. The van der Waals surface area contributed by atoms with Crippen molar-refractivity contribution in [2.75, 3.05) is 26.9 Å². The number of carbonyl (C=O) groups is 1. The van der Waals surface area contributed by atoms with Crippen LogP contribution in [0.1, 0.15) is 41.2 Å². The van der Waals surface area contributed by atoms with E-state index in [1.54, 1.807) is 0 Å². The first-order valence-electron chi connectivity index (χ1n) is 9.60. The van der Waals surface area contributed by atoms with Gasteiger partial charge in [0.1, 0.15) is 0 Å². The van der Waals surface area contributed by atoms with E-state index in [2.05, 4.69) is 4.74 Å². The Morgan fingerprint density at radius 1 is 1.03 bits per heavy atom. The monoisotopic (exact) mass is 417 g/mol. The second-order valence-corrected chi connectivity index (χ2v) is 8.94. The number of benzene rings is 2. The van der Waals surface area contributed by atoms with E-state index < -0.39 is 16.0 Å². The highest BCUT2D eigenvalue weighted by atomic mass is 32.2. The Balaban J connectivity index is 1.62. The molecule has 0 radical (unpaired) electrons. The Labute approximate surface area is 170 Å². The molecule has 0 aromatic heterocycles. The van der Waals surface area contributed by atoms with Crippen molar-refractivity contribution in [2.45, 2.75) is 30.2 Å². The number of hydrogen-bond donors (Lipinski definition) is 0. The number of carbonyl (C=O) groups excluding carboxylic acids is 1. The van der Waals surface area contributed by atoms with E-state index in [-0.39, 0.29) is 10.9 Å². The van der Waals surface area contributed by atoms with E-state index in [9.17, 15) is 13.2 Å². The molecule has 4 rings (SSSR count). The average Bonchev–Trinajstić information content (AvgIpc) is 3.13. The molecule has 2 aromatic carbocycles. The van der Waals surface area contributed by atoms with E-state index in [4.69, 9.17) is 9.47 Å². The van der Waals surface area contributed by atoms with Crippen LogP contribution in [0, 0.1) is 0 Å². The Kier molecular flexibility index (Phi) is 5.47. The van der Waals surface area contributed by atoms with E-state index in [0.717, 1.165) is 24.8 Å². The molecular formula is C21H23NO6S. The van der Waals surface area contributed by atoms with Crippen LogP contribution in [0.5, 0.6) is 11.5 Å². The summed E-state index contributed by atoms with van der Waals surface area (Å²) in [6.07, 6.45) is 2.33. The van der Waals surface area contributed by atoms with Crippen molar-refractivity contribution < 1.29 is 27.4 Å². The summed E-state index contributed by atoms with van der Waals surface area (Å²) in [7, 11) is -2.42. The van der Waals surface area contributed by atoms with Crippen LogP contribution in [0.15, 0.2) is 47.4 Å². The van der Waals surface area contributed by atoms with Crippen molar-refractivity contribution in [3.8, 4) is 11.5 Å². The predicted molar refractivity (Wildman–Crippen MR) is 106 cm³/mol. The van der Waals surface area contributed by atoms with E-state index in [1.807, 2.05) is 18.2 Å². The fourth-order valence-electron chi connectivity index (χ4n) is 3.76. The van der Waals surface area contributed by atoms with E-state index in [1.165, 1.54) is 35.7 Å². The fraction of sp³-hybridized carbons (Fsp3) is 0.381. The van der Waals surface area contributed by atoms with Crippen LogP contribution in [-0.2, 0) is 14.8 Å². The number of fused-ring (bicyclic) bond motifs is 1. The third-order valence-corrected chi connectivity index (χ3v) is 7.16. The maximum Gasteiger partial charge on any atom is 0.337 e. The number of rotatable bonds is 4. The summed E-state index contributed by atoms with van der Waals surface area (Å²) in [5.74, 6) is 0.851. The normalized spacial score (nSPS) is 19.6. The fourth-order valence-corrected chi connectivity index (χ4v) is 5.45. The Bertz CT molecular complexity index is 1000. The molecule has 0 bridgehead atoms. The topological polar surface area (TPSA) is 82.1 Å². The van der Waals surface area contributed by atoms with Gasteiger partial charge in [-0.05, 0) is 54.8 Å². The van der Waals surface area contributed by atoms with Crippen molar-refractivity contribution in [3.63, 3.8) is 0 Å². The summed E-state index contributed by atoms with van der Waals surface area (Å²) in [6, 6.07) is 11.2. The van der Waals surface area contributed by atoms with Gasteiger partial charge in [-0.3, -0.25) is 0 Å². The van der Waals surface area contributed by atoms with Gasteiger partial charge in [0.2, 0.25) is 10.0 Å². The molecule has 1 fully saturated rings. The molecule has 29 heavy (non-hydrogen) atoms. The summed E-state index contributed by atoms with van der Waals surface area (Å²) in [6.45, 7) is 1.63.